The van der Waals surface area contributed by atoms with Crippen molar-refractivity contribution in [1.82, 2.24) is 0 Å². The highest BCUT2D eigenvalue weighted by Crippen LogP contribution is 2.21. The van der Waals surface area contributed by atoms with Crippen LogP contribution in [0.2, 0.25) is 0 Å². The van der Waals surface area contributed by atoms with Crippen LogP contribution in [0.3, 0.4) is 0 Å². The summed E-state index contributed by atoms with van der Waals surface area (Å²) in [6.45, 7) is 1.83. The summed E-state index contributed by atoms with van der Waals surface area (Å²) in [4.78, 5) is -0.700. The summed E-state index contributed by atoms with van der Waals surface area (Å²) in [6.07, 6.45) is 0. The van der Waals surface area contributed by atoms with E-state index in [1.165, 1.54) is 12.1 Å². The number of halogens is 2. The Kier molecular flexibility index (Phi) is 3.53. The van der Waals surface area contributed by atoms with Crippen LogP contribution in [0.15, 0.2) is 47.4 Å². The Bertz CT molecular complexity index is 694. The summed E-state index contributed by atoms with van der Waals surface area (Å²) >= 11 is 0. The molecule has 0 aliphatic heterocycles. The van der Waals surface area contributed by atoms with E-state index in [9.17, 15) is 17.2 Å². The quantitative estimate of drug-likeness (QED) is 0.814. The summed E-state index contributed by atoms with van der Waals surface area (Å²) in [5.74, 6) is -1.98. The molecule has 6 heteroatoms. The number of benzene rings is 2. The minimum absolute atomic E-state index is 0.0642. The van der Waals surface area contributed by atoms with E-state index in [0.29, 0.717) is 6.07 Å². The smallest absolute Gasteiger partial charge is 0.342 e. The lowest BCUT2D eigenvalue weighted by Gasteiger charge is -2.08. The van der Waals surface area contributed by atoms with Gasteiger partial charge in [0.15, 0.2) is 0 Å². The summed E-state index contributed by atoms with van der Waals surface area (Å²) in [6, 6.07) is 8.40. The van der Waals surface area contributed by atoms with E-state index in [0.717, 1.165) is 17.7 Å². The van der Waals surface area contributed by atoms with Crippen molar-refractivity contribution in [3.8, 4) is 5.75 Å². The molecule has 2 aromatic rings. The molecule has 100 valence electrons. The van der Waals surface area contributed by atoms with Crippen molar-refractivity contribution in [1.29, 1.82) is 0 Å². The van der Waals surface area contributed by atoms with Crippen LogP contribution in [0.4, 0.5) is 8.78 Å². The van der Waals surface area contributed by atoms with Crippen LogP contribution in [0.25, 0.3) is 0 Å². The molecular formula is C13H10F2O3S. The van der Waals surface area contributed by atoms with Crippen molar-refractivity contribution in [3.63, 3.8) is 0 Å². The molecular weight excluding hydrogens is 274 g/mol. The van der Waals surface area contributed by atoms with Gasteiger partial charge in [-0.3, -0.25) is 0 Å². The Hall–Kier alpha value is -1.95. The van der Waals surface area contributed by atoms with Gasteiger partial charge in [-0.2, -0.15) is 8.42 Å². The van der Waals surface area contributed by atoms with Gasteiger partial charge in [-0.15, -0.1) is 0 Å². The molecule has 0 saturated heterocycles. The standard InChI is InChI=1S/C13H10F2O3S/c1-9-2-5-11(6-3-9)18-19(16,17)13-7-4-10(14)8-12(13)15/h2-8H,1H3. The van der Waals surface area contributed by atoms with Crippen LogP contribution in [0, 0.1) is 18.6 Å². The number of rotatable bonds is 3. The summed E-state index contributed by atoms with van der Waals surface area (Å²) in [5.41, 5.74) is 0.928. The SMILES string of the molecule is Cc1ccc(OS(=O)(=O)c2ccc(F)cc2F)cc1. The lowest BCUT2D eigenvalue weighted by molar-refractivity contribution is 0.474. The first-order chi connectivity index (χ1) is 8.88. The van der Waals surface area contributed by atoms with Crippen LogP contribution in [-0.4, -0.2) is 8.42 Å². The third-order valence-corrected chi connectivity index (χ3v) is 3.67. The topological polar surface area (TPSA) is 43.4 Å². The first kappa shape index (κ1) is 13.5. The first-order valence-electron chi connectivity index (χ1n) is 5.35. The normalized spacial score (nSPS) is 11.3. The lowest BCUT2D eigenvalue weighted by atomic mass is 10.2. The molecule has 0 aliphatic carbocycles. The van der Waals surface area contributed by atoms with Crippen molar-refractivity contribution in [3.05, 3.63) is 59.7 Å². The molecule has 19 heavy (non-hydrogen) atoms. The maximum absolute atomic E-state index is 13.4. The van der Waals surface area contributed by atoms with Gasteiger partial charge in [0.25, 0.3) is 0 Å². The van der Waals surface area contributed by atoms with Crippen LogP contribution in [-0.2, 0) is 10.1 Å². The van der Waals surface area contributed by atoms with E-state index in [1.807, 2.05) is 6.92 Å². The summed E-state index contributed by atoms with van der Waals surface area (Å²) < 4.78 is 54.6. The van der Waals surface area contributed by atoms with Gasteiger partial charge in [0, 0.05) is 6.07 Å². The van der Waals surface area contributed by atoms with E-state index in [1.54, 1.807) is 12.1 Å². The molecule has 0 fully saturated rings. The van der Waals surface area contributed by atoms with E-state index in [-0.39, 0.29) is 5.75 Å². The molecule has 2 aromatic carbocycles. The highest BCUT2D eigenvalue weighted by atomic mass is 32.2. The summed E-state index contributed by atoms with van der Waals surface area (Å²) in [5, 5.41) is 0. The van der Waals surface area contributed by atoms with Crippen LogP contribution in [0.1, 0.15) is 5.56 Å². The van der Waals surface area contributed by atoms with Crippen LogP contribution >= 0.6 is 0 Å². The number of hydrogen-bond acceptors (Lipinski definition) is 3. The molecule has 0 N–H and O–H groups in total. The third kappa shape index (κ3) is 3.08. The second-order valence-electron chi connectivity index (χ2n) is 3.93. The maximum atomic E-state index is 13.4. The summed E-state index contributed by atoms with van der Waals surface area (Å²) in [7, 11) is -4.32. The van der Waals surface area contributed by atoms with Crippen molar-refractivity contribution in [2.75, 3.05) is 0 Å². The van der Waals surface area contributed by atoms with Crippen LogP contribution < -0.4 is 4.18 Å². The molecule has 0 aromatic heterocycles. The van der Waals surface area contributed by atoms with Crippen LogP contribution in [0.5, 0.6) is 5.75 Å². The molecule has 0 atom stereocenters. The predicted molar refractivity (Wildman–Crippen MR) is 65.4 cm³/mol. The van der Waals surface area contributed by atoms with Gasteiger partial charge in [0.2, 0.25) is 0 Å². The zero-order valence-corrected chi connectivity index (χ0v) is 10.7. The van der Waals surface area contributed by atoms with Crippen molar-refractivity contribution in [2.45, 2.75) is 11.8 Å². The molecule has 2 rings (SSSR count). The molecule has 3 nitrogen and oxygen atoms in total. The van der Waals surface area contributed by atoms with Gasteiger partial charge in [0.1, 0.15) is 22.3 Å². The van der Waals surface area contributed by atoms with Gasteiger partial charge in [-0.05, 0) is 31.2 Å². The van der Waals surface area contributed by atoms with Gasteiger partial charge in [-0.25, -0.2) is 8.78 Å². The highest BCUT2D eigenvalue weighted by molar-refractivity contribution is 7.87. The Morgan fingerprint density at radius 2 is 1.63 bits per heavy atom. The highest BCUT2D eigenvalue weighted by Gasteiger charge is 2.21. The number of hydrogen-bond donors (Lipinski definition) is 0. The van der Waals surface area contributed by atoms with Crippen molar-refractivity contribution >= 4 is 10.1 Å². The second kappa shape index (κ2) is 4.97. The largest absolute Gasteiger partial charge is 0.379 e. The first-order valence-corrected chi connectivity index (χ1v) is 6.75. The molecule has 0 unspecified atom stereocenters. The minimum Gasteiger partial charge on any atom is -0.379 e. The molecule has 0 aliphatic rings. The molecule has 0 heterocycles. The lowest BCUT2D eigenvalue weighted by Crippen LogP contribution is -2.11. The van der Waals surface area contributed by atoms with E-state index in [2.05, 4.69) is 0 Å². The Morgan fingerprint density at radius 3 is 2.21 bits per heavy atom. The van der Waals surface area contributed by atoms with Gasteiger partial charge in [0.05, 0.1) is 0 Å². The fourth-order valence-corrected chi connectivity index (χ4v) is 2.43. The average Bonchev–Trinajstić information content (AvgIpc) is 2.31. The maximum Gasteiger partial charge on any atom is 0.342 e. The molecule has 0 saturated carbocycles. The molecule has 0 spiro atoms. The zero-order chi connectivity index (χ0) is 14.0. The Labute approximate surface area is 109 Å². The van der Waals surface area contributed by atoms with Crippen molar-refractivity contribution in [2.24, 2.45) is 0 Å². The minimum atomic E-state index is -4.32. The van der Waals surface area contributed by atoms with Gasteiger partial charge in [-0.1, -0.05) is 17.7 Å². The van der Waals surface area contributed by atoms with Crippen molar-refractivity contribution < 1.29 is 21.4 Å². The Balaban J connectivity index is 2.35. The fraction of sp³-hybridized carbons (Fsp3) is 0.0769. The predicted octanol–water partition coefficient (Wildman–Crippen LogP) is 3.04. The van der Waals surface area contributed by atoms with E-state index in [4.69, 9.17) is 4.18 Å². The van der Waals surface area contributed by atoms with E-state index >= 15 is 0 Å². The molecule has 0 bridgehead atoms. The average molecular weight is 284 g/mol. The molecule has 0 radical (unpaired) electrons. The third-order valence-electron chi connectivity index (χ3n) is 2.39. The monoisotopic (exact) mass is 284 g/mol. The Morgan fingerprint density at radius 1 is 1.00 bits per heavy atom. The van der Waals surface area contributed by atoms with E-state index < -0.39 is 26.6 Å². The second-order valence-corrected chi connectivity index (χ2v) is 5.44. The van der Waals surface area contributed by atoms with Gasteiger partial charge >= 0.3 is 10.1 Å². The fourth-order valence-electron chi connectivity index (χ4n) is 1.44. The van der Waals surface area contributed by atoms with Gasteiger partial charge < -0.3 is 4.18 Å². The number of aryl methyl sites for hydroxylation is 1. The zero-order valence-electron chi connectivity index (χ0n) is 9.93. The molecule has 0 amide bonds.